The lowest BCUT2D eigenvalue weighted by atomic mass is 9.98. The maximum absolute atomic E-state index is 12.0. The van der Waals surface area contributed by atoms with E-state index in [1.165, 1.54) is 0 Å². The van der Waals surface area contributed by atoms with E-state index in [2.05, 4.69) is 5.32 Å². The average molecular weight is 299 g/mol. The molecule has 5 heteroatoms. The van der Waals surface area contributed by atoms with Crippen LogP contribution in [0.5, 0.6) is 5.75 Å². The second-order valence-corrected chi connectivity index (χ2v) is 5.22. The molecular weight excluding hydrogens is 276 g/mol. The SMILES string of the molecule is COc1cccc(CCNC(=O)C2(N)CCCC2)c1.Cl. The lowest BCUT2D eigenvalue weighted by Crippen LogP contribution is -2.52. The maximum Gasteiger partial charge on any atom is 0.240 e. The molecule has 0 heterocycles. The van der Waals surface area contributed by atoms with Gasteiger partial charge in [0.2, 0.25) is 5.91 Å². The quantitative estimate of drug-likeness (QED) is 0.874. The fourth-order valence-corrected chi connectivity index (χ4v) is 2.56. The lowest BCUT2D eigenvalue weighted by molar-refractivity contribution is -0.126. The highest BCUT2D eigenvalue weighted by atomic mass is 35.5. The van der Waals surface area contributed by atoms with Gasteiger partial charge in [0.15, 0.2) is 0 Å². The summed E-state index contributed by atoms with van der Waals surface area (Å²) < 4.78 is 5.17. The van der Waals surface area contributed by atoms with E-state index in [-0.39, 0.29) is 18.3 Å². The van der Waals surface area contributed by atoms with Crippen LogP contribution in [0.1, 0.15) is 31.2 Å². The molecule has 0 spiro atoms. The van der Waals surface area contributed by atoms with Gasteiger partial charge in [0, 0.05) is 6.54 Å². The molecule has 1 saturated carbocycles. The van der Waals surface area contributed by atoms with Crippen LogP contribution in [0.2, 0.25) is 0 Å². The van der Waals surface area contributed by atoms with Gasteiger partial charge in [-0.05, 0) is 37.0 Å². The summed E-state index contributed by atoms with van der Waals surface area (Å²) in [6.07, 6.45) is 4.51. The lowest BCUT2D eigenvalue weighted by Gasteiger charge is -2.22. The van der Waals surface area contributed by atoms with Crippen LogP contribution >= 0.6 is 12.4 Å². The number of halogens is 1. The maximum atomic E-state index is 12.0. The molecule has 1 fully saturated rings. The number of hydrogen-bond acceptors (Lipinski definition) is 3. The Morgan fingerprint density at radius 1 is 1.40 bits per heavy atom. The fourth-order valence-electron chi connectivity index (χ4n) is 2.56. The van der Waals surface area contributed by atoms with Crippen molar-refractivity contribution in [3.8, 4) is 5.75 Å². The van der Waals surface area contributed by atoms with Crippen LogP contribution in [0.4, 0.5) is 0 Å². The molecule has 0 atom stereocenters. The summed E-state index contributed by atoms with van der Waals surface area (Å²) >= 11 is 0. The molecule has 0 radical (unpaired) electrons. The molecule has 1 aromatic carbocycles. The molecule has 1 aromatic rings. The average Bonchev–Trinajstić information content (AvgIpc) is 2.87. The molecule has 1 aliphatic rings. The molecule has 112 valence electrons. The number of amides is 1. The highest BCUT2D eigenvalue weighted by Gasteiger charge is 2.36. The van der Waals surface area contributed by atoms with E-state index in [0.29, 0.717) is 6.54 Å². The topological polar surface area (TPSA) is 64.3 Å². The van der Waals surface area contributed by atoms with E-state index < -0.39 is 5.54 Å². The van der Waals surface area contributed by atoms with Crippen molar-refractivity contribution in [2.45, 2.75) is 37.6 Å². The first-order chi connectivity index (χ1) is 9.14. The number of hydrogen-bond donors (Lipinski definition) is 2. The van der Waals surface area contributed by atoms with Crippen LogP contribution in [0, 0.1) is 0 Å². The second kappa shape index (κ2) is 7.50. The zero-order valence-electron chi connectivity index (χ0n) is 11.9. The molecule has 4 nitrogen and oxygen atoms in total. The first-order valence-corrected chi connectivity index (χ1v) is 6.84. The van der Waals surface area contributed by atoms with Crippen LogP contribution < -0.4 is 15.8 Å². The Labute approximate surface area is 126 Å². The van der Waals surface area contributed by atoms with Gasteiger partial charge in [0.25, 0.3) is 0 Å². The molecule has 2 rings (SSSR count). The van der Waals surface area contributed by atoms with E-state index in [1.807, 2.05) is 24.3 Å². The Hall–Kier alpha value is -1.26. The fraction of sp³-hybridized carbons (Fsp3) is 0.533. The summed E-state index contributed by atoms with van der Waals surface area (Å²) in [6, 6.07) is 7.88. The number of carbonyl (C=O) groups is 1. The standard InChI is InChI=1S/C15H22N2O2.ClH/c1-19-13-6-4-5-12(11-13)7-10-17-14(18)15(16)8-2-3-9-15;/h4-6,11H,2-3,7-10,16H2,1H3,(H,17,18);1H. The van der Waals surface area contributed by atoms with Gasteiger partial charge in [-0.1, -0.05) is 25.0 Å². The molecular formula is C15H23ClN2O2. The van der Waals surface area contributed by atoms with Gasteiger partial charge in [-0.3, -0.25) is 4.79 Å². The number of methoxy groups -OCH3 is 1. The number of carbonyl (C=O) groups excluding carboxylic acids is 1. The van der Waals surface area contributed by atoms with Gasteiger partial charge in [0.1, 0.15) is 5.75 Å². The minimum Gasteiger partial charge on any atom is -0.497 e. The minimum atomic E-state index is -0.631. The van der Waals surface area contributed by atoms with Crippen molar-refractivity contribution in [1.82, 2.24) is 5.32 Å². The van der Waals surface area contributed by atoms with Gasteiger partial charge in [0.05, 0.1) is 12.6 Å². The van der Waals surface area contributed by atoms with Crippen molar-refractivity contribution < 1.29 is 9.53 Å². The smallest absolute Gasteiger partial charge is 0.240 e. The highest BCUT2D eigenvalue weighted by molar-refractivity contribution is 5.86. The molecule has 0 unspecified atom stereocenters. The minimum absolute atomic E-state index is 0. The molecule has 3 N–H and O–H groups in total. The van der Waals surface area contributed by atoms with Crippen LogP contribution in [-0.2, 0) is 11.2 Å². The predicted octanol–water partition coefficient (Wildman–Crippen LogP) is 2.05. The van der Waals surface area contributed by atoms with Crippen molar-refractivity contribution in [3.63, 3.8) is 0 Å². The number of nitrogens with one attached hydrogen (secondary N) is 1. The summed E-state index contributed by atoms with van der Waals surface area (Å²) in [6.45, 7) is 0.616. The van der Waals surface area contributed by atoms with Gasteiger partial charge in [-0.15, -0.1) is 12.4 Å². The summed E-state index contributed by atoms with van der Waals surface area (Å²) in [5.41, 5.74) is 6.62. The van der Waals surface area contributed by atoms with Crippen LogP contribution in [0.3, 0.4) is 0 Å². The van der Waals surface area contributed by atoms with E-state index in [0.717, 1.165) is 43.4 Å². The van der Waals surface area contributed by atoms with Gasteiger partial charge < -0.3 is 15.8 Å². The Kier molecular flexibility index (Phi) is 6.30. The van der Waals surface area contributed by atoms with Crippen molar-refractivity contribution in [2.24, 2.45) is 5.73 Å². The Morgan fingerprint density at radius 2 is 2.10 bits per heavy atom. The third-order valence-electron chi connectivity index (χ3n) is 3.78. The van der Waals surface area contributed by atoms with Crippen LogP contribution in [0.25, 0.3) is 0 Å². The van der Waals surface area contributed by atoms with Crippen LogP contribution in [-0.4, -0.2) is 25.1 Å². The summed E-state index contributed by atoms with van der Waals surface area (Å²) in [5.74, 6) is 0.836. The first-order valence-electron chi connectivity index (χ1n) is 6.84. The van der Waals surface area contributed by atoms with Gasteiger partial charge in [-0.2, -0.15) is 0 Å². The van der Waals surface area contributed by atoms with Crippen molar-refractivity contribution in [2.75, 3.05) is 13.7 Å². The monoisotopic (exact) mass is 298 g/mol. The van der Waals surface area contributed by atoms with E-state index in [9.17, 15) is 4.79 Å². The number of nitrogens with two attached hydrogens (primary N) is 1. The molecule has 0 aromatic heterocycles. The zero-order chi connectivity index (χ0) is 13.7. The molecule has 1 amide bonds. The molecule has 20 heavy (non-hydrogen) atoms. The number of benzene rings is 1. The third kappa shape index (κ3) is 4.12. The summed E-state index contributed by atoms with van der Waals surface area (Å²) in [7, 11) is 1.65. The molecule has 1 aliphatic carbocycles. The number of rotatable bonds is 5. The Morgan fingerprint density at radius 3 is 2.75 bits per heavy atom. The van der Waals surface area contributed by atoms with Crippen molar-refractivity contribution in [3.05, 3.63) is 29.8 Å². The predicted molar refractivity (Wildman–Crippen MR) is 82.3 cm³/mol. The summed E-state index contributed by atoms with van der Waals surface area (Å²) in [5, 5.41) is 2.95. The van der Waals surface area contributed by atoms with Crippen LogP contribution in [0.15, 0.2) is 24.3 Å². The Balaban J connectivity index is 0.00000200. The normalized spacial score (nSPS) is 16.3. The summed E-state index contributed by atoms with van der Waals surface area (Å²) in [4.78, 5) is 12.0. The van der Waals surface area contributed by atoms with Gasteiger partial charge >= 0.3 is 0 Å². The molecule has 0 saturated heterocycles. The Bertz CT molecular complexity index is 445. The van der Waals surface area contributed by atoms with E-state index >= 15 is 0 Å². The first kappa shape index (κ1) is 16.8. The number of ether oxygens (including phenoxy) is 1. The van der Waals surface area contributed by atoms with Crippen molar-refractivity contribution >= 4 is 18.3 Å². The van der Waals surface area contributed by atoms with Gasteiger partial charge in [-0.25, -0.2) is 0 Å². The third-order valence-corrected chi connectivity index (χ3v) is 3.78. The largest absolute Gasteiger partial charge is 0.497 e. The highest BCUT2D eigenvalue weighted by Crippen LogP contribution is 2.27. The van der Waals surface area contributed by atoms with E-state index in [4.69, 9.17) is 10.5 Å². The second-order valence-electron chi connectivity index (χ2n) is 5.22. The molecule has 0 bridgehead atoms. The van der Waals surface area contributed by atoms with Crippen molar-refractivity contribution in [1.29, 1.82) is 0 Å². The van der Waals surface area contributed by atoms with E-state index in [1.54, 1.807) is 7.11 Å². The zero-order valence-corrected chi connectivity index (χ0v) is 12.7. The molecule has 0 aliphatic heterocycles.